The number of amides is 2. The second-order valence-electron chi connectivity index (χ2n) is 7.90. The lowest BCUT2D eigenvalue weighted by Crippen LogP contribution is -2.39. The summed E-state index contributed by atoms with van der Waals surface area (Å²) in [5.74, 6) is -1.36. The number of benzene rings is 3. The summed E-state index contributed by atoms with van der Waals surface area (Å²) in [4.78, 5) is 37.0. The fourth-order valence-electron chi connectivity index (χ4n) is 3.79. The normalized spacial score (nSPS) is 11.7. The average molecular weight is 474 g/mol. The Hall–Kier alpha value is -4.46. The van der Waals surface area contributed by atoms with Crippen molar-refractivity contribution in [2.75, 3.05) is 14.2 Å². The molecule has 0 fully saturated rings. The van der Waals surface area contributed by atoms with E-state index in [1.807, 2.05) is 18.2 Å². The smallest absolute Gasteiger partial charge is 0.328 e. The quantitative estimate of drug-likeness (QED) is 0.400. The average Bonchev–Trinajstić information content (AvgIpc) is 3.26. The minimum atomic E-state index is -0.793. The fraction of sp³-hybridized carbons (Fsp3) is 0.148. The minimum Gasteiger partial charge on any atom is -0.467 e. The van der Waals surface area contributed by atoms with Gasteiger partial charge in [-0.2, -0.15) is 0 Å². The Bertz CT molecular complexity index is 1430. The Kier molecular flexibility index (Phi) is 6.64. The number of ether oxygens (including phenoxy) is 1. The highest BCUT2D eigenvalue weighted by Gasteiger charge is 2.22. The van der Waals surface area contributed by atoms with Gasteiger partial charge in [-0.1, -0.05) is 18.2 Å². The summed E-state index contributed by atoms with van der Waals surface area (Å²) in [6.07, 6.45) is 0. The van der Waals surface area contributed by atoms with Crippen molar-refractivity contribution in [3.8, 4) is 22.5 Å². The van der Waals surface area contributed by atoms with E-state index in [1.165, 1.54) is 26.3 Å². The summed E-state index contributed by atoms with van der Waals surface area (Å²) in [6, 6.07) is 17.2. The Morgan fingerprint density at radius 2 is 1.60 bits per heavy atom. The monoisotopic (exact) mass is 474 g/mol. The van der Waals surface area contributed by atoms with Crippen LogP contribution in [-0.2, 0) is 9.53 Å². The molecule has 1 aromatic heterocycles. The van der Waals surface area contributed by atoms with Crippen LogP contribution in [0.25, 0.3) is 33.4 Å². The van der Waals surface area contributed by atoms with Gasteiger partial charge in [-0.3, -0.25) is 9.59 Å². The van der Waals surface area contributed by atoms with Crippen LogP contribution in [0.5, 0.6) is 0 Å². The Balaban J connectivity index is 1.75. The Labute approximate surface area is 200 Å². The van der Waals surface area contributed by atoms with Crippen molar-refractivity contribution >= 4 is 28.8 Å². The lowest BCUT2D eigenvalue weighted by atomic mass is 9.99. The number of hydrogen-bond donors (Lipinski definition) is 2. The molecule has 3 aromatic carbocycles. The molecule has 0 unspecified atom stereocenters. The van der Waals surface area contributed by atoms with Crippen molar-refractivity contribution in [3.63, 3.8) is 0 Å². The SMILES string of the molecule is CNC(=O)c1c(-c2ccc(F)cc2)oc2ccc(-c3cccc(C(=O)N[C@@H](C)C(=O)OC)c3)cc12. The number of rotatable bonds is 6. The Morgan fingerprint density at radius 1 is 0.914 bits per heavy atom. The molecule has 178 valence electrons. The zero-order chi connectivity index (χ0) is 25.1. The van der Waals surface area contributed by atoms with Crippen LogP contribution >= 0.6 is 0 Å². The molecule has 0 saturated heterocycles. The molecule has 0 spiro atoms. The van der Waals surface area contributed by atoms with Gasteiger partial charge < -0.3 is 19.8 Å². The van der Waals surface area contributed by atoms with Gasteiger partial charge in [-0.05, 0) is 66.6 Å². The molecule has 2 N–H and O–H groups in total. The number of furan rings is 1. The second-order valence-corrected chi connectivity index (χ2v) is 7.90. The molecular weight excluding hydrogens is 451 g/mol. The van der Waals surface area contributed by atoms with Crippen LogP contribution in [0, 0.1) is 5.82 Å². The number of nitrogens with one attached hydrogen (secondary N) is 2. The number of carbonyl (C=O) groups excluding carboxylic acids is 3. The predicted molar refractivity (Wildman–Crippen MR) is 129 cm³/mol. The van der Waals surface area contributed by atoms with E-state index in [0.29, 0.717) is 33.4 Å². The number of carbonyl (C=O) groups is 3. The number of hydrogen-bond acceptors (Lipinski definition) is 5. The molecular formula is C27H23FN2O5. The number of halogens is 1. The van der Waals surface area contributed by atoms with Gasteiger partial charge in [0.05, 0.1) is 12.7 Å². The van der Waals surface area contributed by atoms with Gasteiger partial charge in [0.25, 0.3) is 11.8 Å². The molecule has 0 bridgehead atoms. The van der Waals surface area contributed by atoms with E-state index in [-0.39, 0.29) is 5.91 Å². The summed E-state index contributed by atoms with van der Waals surface area (Å²) < 4.78 is 24.1. The van der Waals surface area contributed by atoms with Crippen molar-refractivity contribution in [3.05, 3.63) is 83.7 Å². The number of fused-ring (bicyclic) bond motifs is 1. The highest BCUT2D eigenvalue weighted by Crippen LogP contribution is 2.36. The maximum atomic E-state index is 13.4. The van der Waals surface area contributed by atoms with Crippen LogP contribution in [0.15, 0.2) is 71.1 Å². The molecule has 1 atom stereocenters. The van der Waals surface area contributed by atoms with Crippen LogP contribution in [0.4, 0.5) is 4.39 Å². The third-order valence-electron chi connectivity index (χ3n) is 5.61. The molecule has 2 amide bonds. The molecule has 7 nitrogen and oxygen atoms in total. The third kappa shape index (κ3) is 4.77. The molecule has 0 aliphatic rings. The van der Waals surface area contributed by atoms with Crippen LogP contribution in [0.2, 0.25) is 0 Å². The first-order valence-corrected chi connectivity index (χ1v) is 10.9. The first kappa shape index (κ1) is 23.7. The molecule has 8 heteroatoms. The van der Waals surface area contributed by atoms with E-state index >= 15 is 0 Å². The van der Waals surface area contributed by atoms with E-state index in [1.54, 1.807) is 43.3 Å². The lowest BCUT2D eigenvalue weighted by Gasteiger charge is -2.12. The predicted octanol–water partition coefficient (Wildman–Crippen LogP) is 4.56. The summed E-state index contributed by atoms with van der Waals surface area (Å²) >= 11 is 0. The maximum absolute atomic E-state index is 13.4. The maximum Gasteiger partial charge on any atom is 0.328 e. The fourth-order valence-corrected chi connectivity index (χ4v) is 3.79. The van der Waals surface area contributed by atoms with Crippen molar-refractivity contribution in [1.82, 2.24) is 10.6 Å². The van der Waals surface area contributed by atoms with Crippen LogP contribution in [0.1, 0.15) is 27.6 Å². The molecule has 4 rings (SSSR count). The zero-order valence-electron chi connectivity index (χ0n) is 19.3. The van der Waals surface area contributed by atoms with Gasteiger partial charge >= 0.3 is 5.97 Å². The van der Waals surface area contributed by atoms with E-state index in [9.17, 15) is 18.8 Å². The van der Waals surface area contributed by atoms with Crippen LogP contribution < -0.4 is 10.6 Å². The zero-order valence-corrected chi connectivity index (χ0v) is 19.3. The third-order valence-corrected chi connectivity index (χ3v) is 5.61. The van der Waals surface area contributed by atoms with Crippen LogP contribution in [0.3, 0.4) is 0 Å². The summed E-state index contributed by atoms with van der Waals surface area (Å²) in [6.45, 7) is 1.54. The van der Waals surface area contributed by atoms with E-state index in [4.69, 9.17) is 4.42 Å². The van der Waals surface area contributed by atoms with E-state index in [0.717, 1.165) is 11.1 Å². The molecule has 0 aliphatic heterocycles. The van der Waals surface area contributed by atoms with Gasteiger partial charge in [0, 0.05) is 23.6 Å². The standard InChI is InChI=1S/C27H23FN2O5/c1-15(27(33)34-3)30-25(31)19-6-4-5-17(13-19)18-9-12-22-21(14-18)23(26(32)29-2)24(35-22)16-7-10-20(28)11-8-16/h4-15H,1-3H3,(H,29,32)(H,30,31)/t15-/m0/s1. The highest BCUT2D eigenvalue weighted by atomic mass is 19.1. The Morgan fingerprint density at radius 3 is 2.29 bits per heavy atom. The summed E-state index contributed by atoms with van der Waals surface area (Å²) in [7, 11) is 2.78. The molecule has 0 radical (unpaired) electrons. The van der Waals surface area contributed by atoms with Crippen molar-refractivity contribution in [1.29, 1.82) is 0 Å². The topological polar surface area (TPSA) is 97.6 Å². The van der Waals surface area contributed by atoms with Gasteiger partial charge in [0.2, 0.25) is 0 Å². The van der Waals surface area contributed by atoms with Gasteiger partial charge in [0.15, 0.2) is 0 Å². The summed E-state index contributed by atoms with van der Waals surface area (Å²) in [5.41, 5.74) is 3.25. The molecule has 4 aromatic rings. The van der Waals surface area contributed by atoms with Crippen molar-refractivity contribution in [2.24, 2.45) is 0 Å². The van der Waals surface area contributed by atoms with E-state index < -0.39 is 23.7 Å². The number of methoxy groups -OCH3 is 1. The highest BCUT2D eigenvalue weighted by molar-refractivity contribution is 6.12. The summed E-state index contributed by atoms with van der Waals surface area (Å²) in [5, 5.41) is 5.82. The van der Waals surface area contributed by atoms with E-state index in [2.05, 4.69) is 15.4 Å². The van der Waals surface area contributed by atoms with Crippen molar-refractivity contribution in [2.45, 2.75) is 13.0 Å². The second kappa shape index (κ2) is 9.80. The largest absolute Gasteiger partial charge is 0.467 e. The lowest BCUT2D eigenvalue weighted by molar-refractivity contribution is -0.142. The molecule has 0 saturated carbocycles. The van der Waals surface area contributed by atoms with Gasteiger partial charge in [0.1, 0.15) is 23.2 Å². The van der Waals surface area contributed by atoms with Gasteiger partial charge in [-0.25, -0.2) is 9.18 Å². The molecule has 35 heavy (non-hydrogen) atoms. The van der Waals surface area contributed by atoms with Crippen LogP contribution in [-0.4, -0.2) is 38.0 Å². The molecule has 0 aliphatic carbocycles. The molecule has 1 heterocycles. The first-order valence-electron chi connectivity index (χ1n) is 10.9. The van der Waals surface area contributed by atoms with Crippen molar-refractivity contribution < 1.29 is 27.9 Å². The first-order chi connectivity index (χ1) is 16.8. The van der Waals surface area contributed by atoms with Gasteiger partial charge in [-0.15, -0.1) is 0 Å². The minimum absolute atomic E-state index is 0.330. The number of esters is 1.